The molecule has 0 aliphatic carbocycles. The standard InChI is InChI=1S/C29H23ClN4O3/c1-18-27(35)32-25-15-23(30)12-13-24(25)29(37)34(18)17-19-7-9-21(10-8-19)28(36)33-26-14-11-22(16-31-26)20-5-3-2-4-6-20/h2-16,18H,17H2,1H3,(H,32,35)(H,31,33,36). The summed E-state index contributed by atoms with van der Waals surface area (Å²) in [6.45, 7) is 1.89. The SMILES string of the molecule is CC1C(=O)Nc2cc(Cl)ccc2C(=O)N1Cc1ccc(C(=O)Nc2ccc(-c3ccccc3)cn2)cc1. The zero-order valence-corrected chi connectivity index (χ0v) is 20.7. The van der Waals surface area contributed by atoms with E-state index < -0.39 is 6.04 Å². The van der Waals surface area contributed by atoms with Crippen LogP contribution in [0.3, 0.4) is 0 Å². The second-order valence-electron chi connectivity index (χ2n) is 8.74. The molecule has 37 heavy (non-hydrogen) atoms. The van der Waals surface area contributed by atoms with E-state index >= 15 is 0 Å². The molecule has 8 heteroatoms. The van der Waals surface area contributed by atoms with Crippen molar-refractivity contribution in [2.75, 3.05) is 10.6 Å². The third kappa shape index (κ3) is 5.22. The van der Waals surface area contributed by atoms with E-state index in [0.717, 1.165) is 16.7 Å². The van der Waals surface area contributed by atoms with Gasteiger partial charge in [-0.25, -0.2) is 4.98 Å². The molecule has 4 aromatic rings. The number of fused-ring (bicyclic) bond motifs is 1. The minimum absolute atomic E-state index is 0.208. The monoisotopic (exact) mass is 510 g/mol. The average molecular weight is 511 g/mol. The molecular formula is C29H23ClN4O3. The molecule has 1 atom stereocenters. The Bertz CT molecular complexity index is 1470. The largest absolute Gasteiger partial charge is 0.324 e. The van der Waals surface area contributed by atoms with E-state index in [1.165, 1.54) is 4.90 Å². The molecule has 0 bridgehead atoms. The van der Waals surface area contributed by atoms with E-state index in [2.05, 4.69) is 15.6 Å². The van der Waals surface area contributed by atoms with Crippen LogP contribution < -0.4 is 10.6 Å². The van der Waals surface area contributed by atoms with Gasteiger partial charge in [0.15, 0.2) is 0 Å². The van der Waals surface area contributed by atoms with Crippen LogP contribution in [0.5, 0.6) is 0 Å². The molecule has 2 heterocycles. The number of halogens is 1. The summed E-state index contributed by atoms with van der Waals surface area (Å²) in [5, 5.41) is 6.01. The number of nitrogens with one attached hydrogen (secondary N) is 2. The first kappa shape index (κ1) is 24.2. The molecule has 1 aliphatic rings. The van der Waals surface area contributed by atoms with Crippen molar-refractivity contribution in [2.24, 2.45) is 0 Å². The van der Waals surface area contributed by atoms with Gasteiger partial charge in [-0.3, -0.25) is 14.4 Å². The Labute approximate surface area is 219 Å². The van der Waals surface area contributed by atoms with Crippen molar-refractivity contribution in [3.05, 3.63) is 113 Å². The Morgan fingerprint density at radius 2 is 1.73 bits per heavy atom. The first-order valence-corrected chi connectivity index (χ1v) is 12.1. The number of aromatic nitrogens is 1. The zero-order chi connectivity index (χ0) is 25.9. The van der Waals surface area contributed by atoms with Crippen LogP contribution in [0.25, 0.3) is 11.1 Å². The number of hydrogen-bond acceptors (Lipinski definition) is 4. The van der Waals surface area contributed by atoms with Crippen LogP contribution in [-0.2, 0) is 11.3 Å². The summed E-state index contributed by atoms with van der Waals surface area (Å²) in [6.07, 6.45) is 1.72. The Balaban J connectivity index is 1.27. The number of hydrogen-bond donors (Lipinski definition) is 2. The molecule has 3 aromatic carbocycles. The van der Waals surface area contributed by atoms with E-state index in [1.807, 2.05) is 36.4 Å². The summed E-state index contributed by atoms with van der Waals surface area (Å²) in [5.41, 5.74) is 4.02. The molecule has 2 N–H and O–H groups in total. The normalized spacial score (nSPS) is 15.0. The van der Waals surface area contributed by atoms with Gasteiger partial charge in [-0.15, -0.1) is 0 Å². The lowest BCUT2D eigenvalue weighted by atomic mass is 10.1. The minimum atomic E-state index is -0.688. The first-order valence-electron chi connectivity index (χ1n) is 11.7. The molecule has 0 fully saturated rings. The van der Waals surface area contributed by atoms with Crippen LogP contribution in [0, 0.1) is 0 Å². The van der Waals surface area contributed by atoms with Crippen molar-refractivity contribution >= 4 is 40.8 Å². The number of anilines is 2. The van der Waals surface area contributed by atoms with Gasteiger partial charge >= 0.3 is 0 Å². The van der Waals surface area contributed by atoms with Crippen molar-refractivity contribution < 1.29 is 14.4 Å². The smallest absolute Gasteiger partial charge is 0.256 e. The molecule has 184 valence electrons. The fourth-order valence-electron chi connectivity index (χ4n) is 4.14. The van der Waals surface area contributed by atoms with Gasteiger partial charge in [0.2, 0.25) is 5.91 Å². The molecule has 5 rings (SSSR count). The second-order valence-corrected chi connectivity index (χ2v) is 9.17. The molecule has 0 saturated carbocycles. The lowest BCUT2D eigenvalue weighted by Crippen LogP contribution is -2.42. The predicted molar refractivity (Wildman–Crippen MR) is 143 cm³/mol. The number of nitrogens with zero attached hydrogens (tertiary/aromatic N) is 2. The highest BCUT2D eigenvalue weighted by atomic mass is 35.5. The molecule has 1 aromatic heterocycles. The maximum atomic E-state index is 13.2. The fraction of sp³-hybridized carbons (Fsp3) is 0.103. The van der Waals surface area contributed by atoms with Crippen molar-refractivity contribution in [3.63, 3.8) is 0 Å². The van der Waals surface area contributed by atoms with E-state index in [4.69, 9.17) is 11.6 Å². The lowest BCUT2D eigenvalue weighted by molar-refractivity contribution is -0.120. The van der Waals surface area contributed by atoms with Crippen molar-refractivity contribution in [3.8, 4) is 11.1 Å². The molecule has 0 saturated heterocycles. The van der Waals surface area contributed by atoms with Gasteiger partial charge < -0.3 is 15.5 Å². The number of benzene rings is 3. The summed E-state index contributed by atoms with van der Waals surface area (Å²) in [5.74, 6) is -0.418. The first-order chi connectivity index (χ1) is 17.9. The molecule has 0 spiro atoms. The van der Waals surface area contributed by atoms with Gasteiger partial charge in [0.05, 0.1) is 11.3 Å². The van der Waals surface area contributed by atoms with Crippen LogP contribution in [0.1, 0.15) is 33.2 Å². The van der Waals surface area contributed by atoms with Crippen molar-refractivity contribution in [1.29, 1.82) is 0 Å². The van der Waals surface area contributed by atoms with Crippen molar-refractivity contribution in [2.45, 2.75) is 19.5 Å². The predicted octanol–water partition coefficient (Wildman–Crippen LogP) is 5.64. The number of amides is 3. The summed E-state index contributed by atoms with van der Waals surface area (Å²) in [7, 11) is 0. The highest BCUT2D eigenvalue weighted by molar-refractivity contribution is 6.31. The second kappa shape index (κ2) is 10.2. The van der Waals surface area contributed by atoms with Crippen LogP contribution >= 0.6 is 11.6 Å². The van der Waals surface area contributed by atoms with Gasteiger partial charge in [0.1, 0.15) is 11.9 Å². The van der Waals surface area contributed by atoms with Gasteiger partial charge in [-0.05, 0) is 60.5 Å². The zero-order valence-electron chi connectivity index (χ0n) is 19.9. The number of rotatable bonds is 5. The van der Waals surface area contributed by atoms with Crippen LogP contribution in [0.4, 0.5) is 11.5 Å². The fourth-order valence-corrected chi connectivity index (χ4v) is 4.31. The van der Waals surface area contributed by atoms with Gasteiger partial charge in [-0.2, -0.15) is 0 Å². The summed E-state index contributed by atoms with van der Waals surface area (Å²) < 4.78 is 0. The van der Waals surface area contributed by atoms with Gasteiger partial charge in [0.25, 0.3) is 11.8 Å². The summed E-state index contributed by atoms with van der Waals surface area (Å²) in [6, 6.07) is 24.6. The summed E-state index contributed by atoms with van der Waals surface area (Å²) in [4.78, 5) is 44.5. The van der Waals surface area contributed by atoms with Crippen LogP contribution in [0.2, 0.25) is 5.02 Å². The van der Waals surface area contributed by atoms with Crippen molar-refractivity contribution in [1.82, 2.24) is 9.88 Å². The van der Waals surface area contributed by atoms with Crippen LogP contribution in [0.15, 0.2) is 91.1 Å². The molecule has 1 unspecified atom stereocenters. The molecule has 7 nitrogen and oxygen atoms in total. The molecule has 3 amide bonds. The third-order valence-electron chi connectivity index (χ3n) is 6.26. The number of pyridine rings is 1. The van der Waals surface area contributed by atoms with E-state index in [0.29, 0.717) is 27.7 Å². The van der Waals surface area contributed by atoms with E-state index in [-0.39, 0.29) is 24.3 Å². The molecule has 0 radical (unpaired) electrons. The van der Waals surface area contributed by atoms with Gasteiger partial charge in [0, 0.05) is 28.9 Å². The molecular weight excluding hydrogens is 488 g/mol. The number of carbonyl (C=O) groups excluding carboxylic acids is 3. The Morgan fingerprint density at radius 1 is 0.973 bits per heavy atom. The Kier molecular flexibility index (Phi) is 6.70. The maximum absolute atomic E-state index is 13.2. The number of carbonyl (C=O) groups is 3. The Morgan fingerprint density at radius 3 is 2.43 bits per heavy atom. The highest BCUT2D eigenvalue weighted by Gasteiger charge is 2.32. The van der Waals surface area contributed by atoms with E-state index in [1.54, 1.807) is 61.7 Å². The summed E-state index contributed by atoms with van der Waals surface area (Å²) >= 11 is 6.04. The molecule has 1 aliphatic heterocycles. The van der Waals surface area contributed by atoms with Gasteiger partial charge in [-0.1, -0.05) is 54.1 Å². The maximum Gasteiger partial charge on any atom is 0.256 e. The highest BCUT2D eigenvalue weighted by Crippen LogP contribution is 2.27. The lowest BCUT2D eigenvalue weighted by Gasteiger charge is -2.26. The Hall–Kier alpha value is -4.49. The minimum Gasteiger partial charge on any atom is -0.324 e. The quantitative estimate of drug-likeness (QED) is 0.363. The topological polar surface area (TPSA) is 91.4 Å². The van der Waals surface area contributed by atoms with E-state index in [9.17, 15) is 14.4 Å². The van der Waals surface area contributed by atoms with Crippen LogP contribution in [-0.4, -0.2) is 33.6 Å². The average Bonchev–Trinajstić information content (AvgIpc) is 3.00. The third-order valence-corrected chi connectivity index (χ3v) is 6.49.